The molecule has 0 N–H and O–H groups in total. The third-order valence-corrected chi connectivity index (χ3v) is 4.74. The molecule has 7 heteroatoms. The molecule has 2 aliphatic heterocycles. The maximum atomic E-state index is 13.5. The summed E-state index contributed by atoms with van der Waals surface area (Å²) in [6.07, 6.45) is 1.65. The molecular formula is C16H17ClF2N2O2. The average Bonchev–Trinajstić information content (AvgIpc) is 3.09. The van der Waals surface area contributed by atoms with E-state index in [0.29, 0.717) is 22.7 Å². The average molecular weight is 343 g/mol. The highest BCUT2D eigenvalue weighted by molar-refractivity contribution is 6.35. The number of rotatable bonds is 2. The first-order valence-corrected chi connectivity index (χ1v) is 8.21. The van der Waals surface area contributed by atoms with Crippen molar-refractivity contribution in [3.63, 3.8) is 0 Å². The lowest BCUT2D eigenvalue weighted by Crippen LogP contribution is -2.19. The Labute approximate surface area is 137 Å². The van der Waals surface area contributed by atoms with Crippen molar-refractivity contribution in [1.82, 2.24) is 9.78 Å². The van der Waals surface area contributed by atoms with Crippen LogP contribution in [0.3, 0.4) is 0 Å². The lowest BCUT2D eigenvalue weighted by Gasteiger charge is -2.23. The van der Waals surface area contributed by atoms with E-state index in [2.05, 4.69) is 5.10 Å². The van der Waals surface area contributed by atoms with E-state index < -0.39 is 18.6 Å². The predicted octanol–water partition coefficient (Wildman–Crippen LogP) is 4.49. The molecule has 4 nitrogen and oxygen atoms in total. The van der Waals surface area contributed by atoms with Crippen molar-refractivity contribution in [3.05, 3.63) is 28.9 Å². The second kappa shape index (κ2) is 5.69. The summed E-state index contributed by atoms with van der Waals surface area (Å²) in [7, 11) is 0. The molecule has 0 bridgehead atoms. The van der Waals surface area contributed by atoms with Gasteiger partial charge in [0.25, 0.3) is 5.92 Å². The summed E-state index contributed by atoms with van der Waals surface area (Å²) in [4.78, 5) is 0. The number of hydrogen-bond donors (Lipinski definition) is 0. The number of nitrogens with zero attached hydrogens (tertiary/aromatic N) is 2. The third kappa shape index (κ3) is 2.73. The van der Waals surface area contributed by atoms with Crippen LogP contribution in [-0.4, -0.2) is 28.9 Å². The molecule has 1 aromatic carbocycles. The Morgan fingerprint density at radius 1 is 1.26 bits per heavy atom. The second-order valence-electron chi connectivity index (χ2n) is 6.14. The fraction of sp³-hybridized carbons (Fsp3) is 0.562. The Bertz CT molecular complexity index is 728. The molecule has 23 heavy (non-hydrogen) atoms. The summed E-state index contributed by atoms with van der Waals surface area (Å²) in [6, 6.07) is 5.47. The predicted molar refractivity (Wildman–Crippen MR) is 81.8 cm³/mol. The van der Waals surface area contributed by atoms with Crippen molar-refractivity contribution in [2.45, 2.75) is 43.9 Å². The van der Waals surface area contributed by atoms with Crippen molar-refractivity contribution >= 4 is 22.5 Å². The van der Waals surface area contributed by atoms with Crippen molar-refractivity contribution in [1.29, 1.82) is 0 Å². The summed E-state index contributed by atoms with van der Waals surface area (Å²) in [5.41, 5.74) is 1.29. The number of fused-ring (bicyclic) bond motifs is 1. The van der Waals surface area contributed by atoms with Gasteiger partial charge in [-0.1, -0.05) is 17.7 Å². The van der Waals surface area contributed by atoms with Crippen LogP contribution in [0.5, 0.6) is 0 Å². The van der Waals surface area contributed by atoms with Crippen LogP contribution in [0, 0.1) is 0 Å². The van der Waals surface area contributed by atoms with E-state index in [4.69, 9.17) is 21.1 Å². The van der Waals surface area contributed by atoms with Gasteiger partial charge < -0.3 is 9.47 Å². The Morgan fingerprint density at radius 3 is 2.83 bits per heavy atom. The zero-order valence-corrected chi connectivity index (χ0v) is 13.2. The Morgan fingerprint density at radius 2 is 2.13 bits per heavy atom. The van der Waals surface area contributed by atoms with E-state index in [-0.39, 0.29) is 12.6 Å². The molecule has 2 aliphatic rings. The van der Waals surface area contributed by atoms with E-state index in [1.54, 1.807) is 10.7 Å². The minimum atomic E-state index is -2.82. The SMILES string of the molecule is FC1(F)COC(c2nn(C3CCCCO3)c3cccc(Cl)c23)C1. The Kier molecular flexibility index (Phi) is 3.78. The minimum absolute atomic E-state index is 0.180. The standard InChI is InChI=1S/C16H17ClF2N2O2/c17-10-4-3-5-11-14(10)15(12-8-16(18,19)9-23-12)20-21(11)13-6-1-2-7-22-13/h3-5,12-13H,1-2,6-9H2. The topological polar surface area (TPSA) is 36.3 Å². The molecule has 3 heterocycles. The molecule has 4 rings (SSSR count). The molecule has 124 valence electrons. The van der Waals surface area contributed by atoms with Gasteiger partial charge in [-0.25, -0.2) is 13.5 Å². The van der Waals surface area contributed by atoms with Crippen LogP contribution in [0.25, 0.3) is 10.9 Å². The first-order valence-electron chi connectivity index (χ1n) is 7.83. The molecule has 2 fully saturated rings. The molecule has 0 aliphatic carbocycles. The molecular weight excluding hydrogens is 326 g/mol. The summed E-state index contributed by atoms with van der Waals surface area (Å²) in [6.45, 7) is 0.107. The van der Waals surface area contributed by atoms with Gasteiger partial charge in [0.15, 0.2) is 6.23 Å². The summed E-state index contributed by atoms with van der Waals surface area (Å²) < 4.78 is 39.9. The molecule has 0 amide bonds. The smallest absolute Gasteiger partial charge is 0.273 e. The van der Waals surface area contributed by atoms with Gasteiger partial charge >= 0.3 is 0 Å². The van der Waals surface area contributed by atoms with Crippen LogP contribution < -0.4 is 0 Å². The van der Waals surface area contributed by atoms with Gasteiger partial charge in [0.2, 0.25) is 0 Å². The largest absolute Gasteiger partial charge is 0.365 e. The van der Waals surface area contributed by atoms with Gasteiger partial charge in [0, 0.05) is 18.4 Å². The van der Waals surface area contributed by atoms with Gasteiger partial charge in [-0.15, -0.1) is 0 Å². The highest BCUT2D eigenvalue weighted by Crippen LogP contribution is 2.42. The quantitative estimate of drug-likeness (QED) is 0.807. The van der Waals surface area contributed by atoms with Crippen molar-refractivity contribution in [2.75, 3.05) is 13.2 Å². The van der Waals surface area contributed by atoms with Crippen molar-refractivity contribution in [3.8, 4) is 0 Å². The number of benzene rings is 1. The van der Waals surface area contributed by atoms with E-state index in [1.165, 1.54) is 0 Å². The zero-order chi connectivity index (χ0) is 16.0. The molecule has 2 saturated heterocycles. The van der Waals surface area contributed by atoms with E-state index >= 15 is 0 Å². The van der Waals surface area contributed by atoms with E-state index in [9.17, 15) is 8.78 Å². The molecule has 2 aromatic rings. The van der Waals surface area contributed by atoms with Gasteiger partial charge in [0.1, 0.15) is 18.4 Å². The van der Waals surface area contributed by atoms with Crippen molar-refractivity contribution < 1.29 is 18.3 Å². The van der Waals surface area contributed by atoms with Crippen LogP contribution in [0.15, 0.2) is 18.2 Å². The lowest BCUT2D eigenvalue weighted by molar-refractivity contribution is -0.0375. The Balaban J connectivity index is 1.81. The van der Waals surface area contributed by atoms with Crippen molar-refractivity contribution in [2.24, 2.45) is 0 Å². The van der Waals surface area contributed by atoms with Crippen LogP contribution in [-0.2, 0) is 9.47 Å². The lowest BCUT2D eigenvalue weighted by atomic mass is 10.1. The first-order chi connectivity index (χ1) is 11.1. The molecule has 2 atom stereocenters. The van der Waals surface area contributed by atoms with Gasteiger partial charge in [0.05, 0.1) is 10.5 Å². The fourth-order valence-electron chi connectivity index (χ4n) is 3.33. The molecule has 1 aromatic heterocycles. The summed E-state index contributed by atoms with van der Waals surface area (Å²) in [5.74, 6) is -2.82. The van der Waals surface area contributed by atoms with Crippen LogP contribution in [0.2, 0.25) is 5.02 Å². The molecule has 0 spiro atoms. The number of alkyl halides is 2. The highest BCUT2D eigenvalue weighted by Gasteiger charge is 2.43. The van der Waals surface area contributed by atoms with Crippen LogP contribution in [0.1, 0.15) is 43.7 Å². The highest BCUT2D eigenvalue weighted by atomic mass is 35.5. The van der Waals surface area contributed by atoms with Gasteiger partial charge in [-0.05, 0) is 31.4 Å². The van der Waals surface area contributed by atoms with Crippen LogP contribution >= 0.6 is 11.6 Å². The van der Waals surface area contributed by atoms with E-state index in [0.717, 1.165) is 24.8 Å². The normalized spacial score (nSPS) is 27.6. The van der Waals surface area contributed by atoms with Crippen LogP contribution in [0.4, 0.5) is 8.78 Å². The van der Waals surface area contributed by atoms with Gasteiger partial charge in [-0.3, -0.25) is 0 Å². The fourth-order valence-corrected chi connectivity index (χ4v) is 3.59. The Hall–Kier alpha value is -1.24. The first kappa shape index (κ1) is 15.3. The van der Waals surface area contributed by atoms with E-state index in [1.807, 2.05) is 12.1 Å². The second-order valence-corrected chi connectivity index (χ2v) is 6.55. The van der Waals surface area contributed by atoms with Gasteiger partial charge in [-0.2, -0.15) is 5.10 Å². The number of aromatic nitrogens is 2. The molecule has 2 unspecified atom stereocenters. The maximum Gasteiger partial charge on any atom is 0.273 e. The summed E-state index contributed by atoms with van der Waals surface area (Å²) >= 11 is 6.33. The number of ether oxygens (including phenoxy) is 2. The minimum Gasteiger partial charge on any atom is -0.365 e. The monoisotopic (exact) mass is 342 g/mol. The molecule has 0 radical (unpaired) electrons. The summed E-state index contributed by atoms with van der Waals surface area (Å²) in [5, 5.41) is 5.75. The number of halogens is 3. The maximum absolute atomic E-state index is 13.5. The number of hydrogen-bond acceptors (Lipinski definition) is 3. The third-order valence-electron chi connectivity index (χ3n) is 4.42. The zero-order valence-electron chi connectivity index (χ0n) is 12.5. The molecule has 0 saturated carbocycles.